The number of H-pyrrole nitrogens is 2. The van der Waals surface area contributed by atoms with Crippen molar-refractivity contribution >= 4 is 33.6 Å². The number of carboxylic acid groups (broad SMARTS) is 1. The Hall–Kier alpha value is -5.32. The molecule has 1 atom stereocenters. The Balaban J connectivity index is 1.21. The lowest BCUT2D eigenvalue weighted by atomic mass is 9.81. The van der Waals surface area contributed by atoms with Gasteiger partial charge in [-0.3, -0.25) is 14.6 Å². The summed E-state index contributed by atoms with van der Waals surface area (Å²) in [5.74, 6) is -0.512. The van der Waals surface area contributed by atoms with Gasteiger partial charge in [0, 0.05) is 43.2 Å². The third kappa shape index (κ3) is 9.38. The first-order valence-corrected chi connectivity index (χ1v) is 19.0. The zero-order valence-corrected chi connectivity index (χ0v) is 30.1. The quantitative estimate of drug-likeness (QED) is 0.125. The van der Waals surface area contributed by atoms with Gasteiger partial charge < -0.3 is 25.8 Å². The molecule has 2 heterocycles. The van der Waals surface area contributed by atoms with E-state index < -0.39 is 33.8 Å². The second-order valence-corrected chi connectivity index (χ2v) is 15.4. The van der Waals surface area contributed by atoms with E-state index in [9.17, 15) is 27.6 Å². The van der Waals surface area contributed by atoms with Gasteiger partial charge in [0.05, 0.1) is 18.1 Å². The molecule has 1 aliphatic carbocycles. The SMILES string of the molecule is Cc1ccc(S(=O)(=O)N2CCOCC2)cc1-c1cccc(C[C@H](NC(=O)[C@H]2CC[C@H](CNC(=O)O)CC2)C(=O)Nc2ccc(-c3n[nH]c(=O)[nH]3)cc2)c1. The molecule has 6 N–H and O–H groups in total. The molecule has 1 aromatic heterocycles. The molecule has 53 heavy (non-hydrogen) atoms. The summed E-state index contributed by atoms with van der Waals surface area (Å²) in [6.07, 6.45) is 1.59. The summed E-state index contributed by atoms with van der Waals surface area (Å²) in [4.78, 5) is 52.7. The first-order valence-electron chi connectivity index (χ1n) is 17.6. The Kier molecular flexibility index (Phi) is 11.7. The highest BCUT2D eigenvalue weighted by Gasteiger charge is 2.31. The van der Waals surface area contributed by atoms with E-state index in [0.717, 1.165) is 22.3 Å². The van der Waals surface area contributed by atoms with Crippen molar-refractivity contribution in [2.45, 2.75) is 50.0 Å². The number of aromatic nitrogens is 3. The number of hydrogen-bond donors (Lipinski definition) is 6. The number of carbonyl (C=O) groups is 3. The van der Waals surface area contributed by atoms with E-state index in [1.807, 2.05) is 31.2 Å². The van der Waals surface area contributed by atoms with E-state index in [0.29, 0.717) is 62.5 Å². The molecular formula is C37H43N7O8S. The zero-order valence-electron chi connectivity index (χ0n) is 29.3. The second-order valence-electron chi connectivity index (χ2n) is 13.5. The van der Waals surface area contributed by atoms with Crippen molar-refractivity contribution in [3.63, 3.8) is 0 Å². The molecule has 0 radical (unpaired) electrons. The lowest BCUT2D eigenvalue weighted by Gasteiger charge is -2.29. The average molecular weight is 746 g/mol. The number of nitrogens with zero attached hydrogens (tertiary/aromatic N) is 2. The van der Waals surface area contributed by atoms with Crippen LogP contribution in [-0.2, 0) is 30.8 Å². The molecule has 1 aliphatic heterocycles. The predicted octanol–water partition coefficient (Wildman–Crippen LogP) is 3.50. The molecule has 0 bridgehead atoms. The van der Waals surface area contributed by atoms with Gasteiger partial charge in [0.2, 0.25) is 21.8 Å². The highest BCUT2D eigenvalue weighted by atomic mass is 32.2. The van der Waals surface area contributed by atoms with E-state index in [2.05, 4.69) is 31.1 Å². The summed E-state index contributed by atoms with van der Waals surface area (Å²) < 4.78 is 33.7. The van der Waals surface area contributed by atoms with Gasteiger partial charge in [-0.15, -0.1) is 0 Å². The largest absolute Gasteiger partial charge is 0.465 e. The molecule has 1 saturated carbocycles. The van der Waals surface area contributed by atoms with Crippen LogP contribution in [0.1, 0.15) is 36.8 Å². The standard InChI is InChI=1S/C37H43N7O8S/c1-23-5-14-30(53(50,51)44-15-17-52-18-16-44)21-31(23)28-4-2-3-25(19-28)20-32(40-34(45)27-8-6-24(7-9-27)22-38-37(48)49)35(46)39-29-12-10-26(11-13-29)33-41-36(47)43-42-33/h2-5,10-14,19,21,24,27,32,38H,6-9,15-18,20,22H2,1H3,(H,39,46)(H,40,45)(H,48,49)(H2,41,42,43,47)/t24-,27-,32-/m0/s1. The molecule has 15 nitrogen and oxygen atoms in total. The lowest BCUT2D eigenvalue weighted by Crippen LogP contribution is -2.48. The van der Waals surface area contributed by atoms with Gasteiger partial charge in [0.15, 0.2) is 5.82 Å². The third-order valence-electron chi connectivity index (χ3n) is 9.81. The van der Waals surface area contributed by atoms with E-state index in [1.165, 1.54) is 4.31 Å². The number of aryl methyl sites for hydroxylation is 1. The Morgan fingerprint density at radius 2 is 1.72 bits per heavy atom. The highest BCUT2D eigenvalue weighted by Crippen LogP contribution is 2.31. The number of amides is 3. The van der Waals surface area contributed by atoms with E-state index >= 15 is 0 Å². The van der Waals surface area contributed by atoms with Crippen molar-refractivity contribution < 1.29 is 32.6 Å². The van der Waals surface area contributed by atoms with E-state index in [1.54, 1.807) is 42.5 Å². The van der Waals surface area contributed by atoms with Crippen LogP contribution in [0.2, 0.25) is 0 Å². The van der Waals surface area contributed by atoms with Crippen molar-refractivity contribution in [1.29, 1.82) is 0 Å². The maximum atomic E-state index is 13.9. The summed E-state index contributed by atoms with van der Waals surface area (Å²) in [5.41, 5.74) is 3.81. The summed E-state index contributed by atoms with van der Waals surface area (Å²) in [6, 6.07) is 18.4. The first-order chi connectivity index (χ1) is 25.5. The molecule has 16 heteroatoms. The van der Waals surface area contributed by atoms with Crippen LogP contribution < -0.4 is 21.6 Å². The van der Waals surface area contributed by atoms with Gasteiger partial charge in [0.25, 0.3) is 0 Å². The minimum atomic E-state index is -3.73. The van der Waals surface area contributed by atoms with Crippen molar-refractivity contribution in [3.05, 3.63) is 88.3 Å². The van der Waals surface area contributed by atoms with Gasteiger partial charge in [-0.05, 0) is 97.2 Å². The Labute approximate surface area is 306 Å². The van der Waals surface area contributed by atoms with Gasteiger partial charge in [-0.2, -0.15) is 9.40 Å². The average Bonchev–Trinajstić information content (AvgIpc) is 3.60. The molecule has 2 fully saturated rings. The third-order valence-corrected chi connectivity index (χ3v) is 11.7. The Morgan fingerprint density at radius 1 is 0.981 bits per heavy atom. The Bertz CT molecular complexity index is 2100. The van der Waals surface area contributed by atoms with Crippen LogP contribution in [0, 0.1) is 18.8 Å². The van der Waals surface area contributed by atoms with Crippen LogP contribution in [0.15, 0.2) is 76.4 Å². The van der Waals surface area contributed by atoms with Gasteiger partial charge in [-0.1, -0.05) is 30.3 Å². The maximum absolute atomic E-state index is 13.9. The number of carbonyl (C=O) groups excluding carboxylic acids is 2. The minimum Gasteiger partial charge on any atom is -0.465 e. The topological polar surface area (TPSA) is 216 Å². The van der Waals surface area contributed by atoms with E-state index in [-0.39, 0.29) is 42.1 Å². The van der Waals surface area contributed by atoms with Gasteiger partial charge in [0.1, 0.15) is 6.04 Å². The highest BCUT2D eigenvalue weighted by molar-refractivity contribution is 7.89. The number of hydrogen-bond acceptors (Lipinski definition) is 8. The van der Waals surface area contributed by atoms with Crippen LogP contribution in [-0.4, -0.2) is 89.8 Å². The summed E-state index contributed by atoms with van der Waals surface area (Å²) in [7, 11) is -3.73. The number of morpholine rings is 1. The first kappa shape index (κ1) is 37.4. The number of ether oxygens (including phenoxy) is 1. The molecule has 3 amide bonds. The number of rotatable bonds is 12. The van der Waals surface area contributed by atoms with Gasteiger partial charge in [-0.25, -0.2) is 23.1 Å². The smallest absolute Gasteiger partial charge is 0.404 e. The lowest BCUT2D eigenvalue weighted by molar-refractivity contribution is -0.130. The summed E-state index contributed by atoms with van der Waals surface area (Å²) >= 11 is 0. The summed E-state index contributed by atoms with van der Waals surface area (Å²) in [6.45, 7) is 3.50. The number of aromatic amines is 2. The minimum absolute atomic E-state index is 0.144. The normalized spacial score (nSPS) is 18.5. The molecular weight excluding hydrogens is 703 g/mol. The fourth-order valence-electron chi connectivity index (χ4n) is 6.82. The molecule has 6 rings (SSSR count). The molecule has 280 valence electrons. The molecule has 4 aromatic rings. The van der Waals surface area contributed by atoms with Crippen LogP contribution in [0.3, 0.4) is 0 Å². The number of benzene rings is 3. The van der Waals surface area contributed by atoms with Crippen molar-refractivity contribution in [1.82, 2.24) is 30.1 Å². The zero-order chi connectivity index (χ0) is 37.5. The van der Waals surface area contributed by atoms with Crippen molar-refractivity contribution in [2.24, 2.45) is 11.8 Å². The number of anilines is 1. The van der Waals surface area contributed by atoms with E-state index in [4.69, 9.17) is 9.84 Å². The predicted molar refractivity (Wildman–Crippen MR) is 197 cm³/mol. The maximum Gasteiger partial charge on any atom is 0.404 e. The number of nitrogens with one attached hydrogen (secondary N) is 5. The van der Waals surface area contributed by atoms with Gasteiger partial charge >= 0.3 is 11.8 Å². The van der Waals surface area contributed by atoms with Crippen LogP contribution in [0.25, 0.3) is 22.5 Å². The van der Waals surface area contributed by atoms with Crippen LogP contribution in [0.4, 0.5) is 10.5 Å². The van der Waals surface area contributed by atoms with Crippen molar-refractivity contribution in [3.8, 4) is 22.5 Å². The van der Waals surface area contributed by atoms with Crippen LogP contribution in [0.5, 0.6) is 0 Å². The van der Waals surface area contributed by atoms with Crippen molar-refractivity contribution in [2.75, 3.05) is 38.2 Å². The Morgan fingerprint density at radius 3 is 2.40 bits per heavy atom. The number of sulfonamides is 1. The fourth-order valence-corrected chi connectivity index (χ4v) is 8.25. The summed E-state index contributed by atoms with van der Waals surface area (Å²) in [5, 5.41) is 23.5. The molecule has 2 aliphatic rings. The fraction of sp³-hybridized carbons (Fsp3) is 0.378. The van der Waals surface area contributed by atoms with Crippen LogP contribution >= 0.6 is 0 Å². The molecule has 1 saturated heterocycles. The molecule has 0 unspecified atom stereocenters. The second kappa shape index (κ2) is 16.6. The molecule has 3 aromatic carbocycles. The monoisotopic (exact) mass is 745 g/mol. The molecule has 0 spiro atoms.